The zero-order valence-electron chi connectivity index (χ0n) is 24.7. The van der Waals surface area contributed by atoms with E-state index in [0.29, 0.717) is 17.5 Å². The first-order chi connectivity index (χ1) is 23.2. The number of aromatic nitrogens is 4. The minimum absolute atomic E-state index is 0.602. The summed E-state index contributed by atoms with van der Waals surface area (Å²) in [6.07, 6.45) is 0. The lowest BCUT2D eigenvalue weighted by atomic mass is 10.0. The maximum atomic E-state index is 6.23. The van der Waals surface area contributed by atoms with Gasteiger partial charge in [0, 0.05) is 53.2 Å². The van der Waals surface area contributed by atoms with Crippen LogP contribution in [0.15, 0.2) is 138 Å². The van der Waals surface area contributed by atoms with Gasteiger partial charge in [-0.05, 0) is 36.4 Å². The number of hydrogen-bond donors (Lipinski definition) is 0. The Kier molecular flexibility index (Phi) is 5.85. The van der Waals surface area contributed by atoms with E-state index >= 15 is 0 Å². The van der Waals surface area contributed by atoms with E-state index in [1.807, 2.05) is 60.7 Å². The average Bonchev–Trinajstić information content (AvgIpc) is 3.83. The van der Waals surface area contributed by atoms with Gasteiger partial charge in [0.15, 0.2) is 17.5 Å². The first-order valence-electron chi connectivity index (χ1n) is 15.3. The molecular weight excluding hydrogens is 617 g/mol. The molecule has 0 N–H and O–H groups in total. The number of nitrogens with zero attached hydrogens (tertiary/aromatic N) is 4. The van der Waals surface area contributed by atoms with E-state index < -0.39 is 0 Å². The standard InChI is InChI=1S/C40H22N4OS2/c1-3-10-23(11-4-1)37-42-38(25-18-19-27-26-14-7-8-16-31(26)45-32(27)20-25)44-39(43-37)28-15-9-17-33-36(28)29-21-35-30(22-34(29)46-33)41-40(47-35)24-12-5-2-6-13-24/h1-22H. The summed E-state index contributed by atoms with van der Waals surface area (Å²) in [5.41, 5.74) is 6.61. The number of thiophene rings is 1. The number of thiazole rings is 1. The molecule has 0 saturated carbocycles. The molecule has 6 aromatic carbocycles. The Bertz CT molecular complexity index is 2800. The first-order valence-corrected chi connectivity index (χ1v) is 16.9. The molecule has 0 radical (unpaired) electrons. The van der Waals surface area contributed by atoms with E-state index in [2.05, 4.69) is 72.8 Å². The highest BCUT2D eigenvalue weighted by Gasteiger charge is 2.19. The van der Waals surface area contributed by atoms with Crippen LogP contribution in [0.3, 0.4) is 0 Å². The molecule has 0 aliphatic heterocycles. The van der Waals surface area contributed by atoms with Crippen molar-refractivity contribution in [3.8, 4) is 44.7 Å². The molecule has 0 aliphatic carbocycles. The molecule has 5 nitrogen and oxygen atoms in total. The molecule has 0 bridgehead atoms. The van der Waals surface area contributed by atoms with Crippen molar-refractivity contribution >= 4 is 75.0 Å². The molecule has 220 valence electrons. The van der Waals surface area contributed by atoms with Crippen LogP contribution >= 0.6 is 22.7 Å². The van der Waals surface area contributed by atoms with E-state index in [9.17, 15) is 0 Å². The molecule has 0 aliphatic rings. The van der Waals surface area contributed by atoms with Crippen molar-refractivity contribution in [2.45, 2.75) is 0 Å². The summed E-state index contributed by atoms with van der Waals surface area (Å²) in [5, 5.41) is 5.52. The van der Waals surface area contributed by atoms with Crippen molar-refractivity contribution in [2.75, 3.05) is 0 Å². The van der Waals surface area contributed by atoms with Gasteiger partial charge in [0.2, 0.25) is 0 Å². The van der Waals surface area contributed by atoms with Gasteiger partial charge in [-0.15, -0.1) is 22.7 Å². The Morgan fingerprint density at radius 3 is 2.00 bits per heavy atom. The monoisotopic (exact) mass is 638 g/mol. The molecule has 0 fully saturated rings. The molecular formula is C40H22N4OS2. The highest BCUT2D eigenvalue weighted by Crippen LogP contribution is 2.43. The minimum atomic E-state index is 0.602. The third-order valence-corrected chi connectivity index (χ3v) is 10.8. The molecule has 10 rings (SSSR count). The molecule has 4 heterocycles. The second kappa shape index (κ2) is 10.4. The number of para-hydroxylation sites is 1. The van der Waals surface area contributed by atoms with Gasteiger partial charge in [-0.2, -0.15) is 0 Å². The highest BCUT2D eigenvalue weighted by molar-refractivity contribution is 7.26. The fraction of sp³-hybridized carbons (Fsp3) is 0. The molecule has 4 aromatic heterocycles. The van der Waals surface area contributed by atoms with E-state index in [-0.39, 0.29) is 0 Å². The Hall–Kier alpha value is -5.76. The molecule has 0 atom stereocenters. The Balaban J connectivity index is 1.19. The normalized spacial score (nSPS) is 11.8. The third-order valence-electron chi connectivity index (χ3n) is 8.57. The fourth-order valence-corrected chi connectivity index (χ4v) is 8.48. The van der Waals surface area contributed by atoms with Crippen LogP contribution in [0, 0.1) is 0 Å². The topological polar surface area (TPSA) is 64.7 Å². The SMILES string of the molecule is c1ccc(-c2nc(-c3ccc4c(c3)oc3ccccc34)nc(-c3cccc4sc5cc6nc(-c7ccccc7)sc6cc5c34)n2)cc1. The van der Waals surface area contributed by atoms with Gasteiger partial charge in [0.05, 0.1) is 10.2 Å². The van der Waals surface area contributed by atoms with Gasteiger partial charge in [0.25, 0.3) is 0 Å². The third kappa shape index (κ3) is 4.35. The Morgan fingerprint density at radius 1 is 0.426 bits per heavy atom. The van der Waals surface area contributed by atoms with Crippen LogP contribution in [-0.2, 0) is 0 Å². The van der Waals surface area contributed by atoms with Crippen molar-refractivity contribution in [2.24, 2.45) is 0 Å². The summed E-state index contributed by atoms with van der Waals surface area (Å²) >= 11 is 3.50. The van der Waals surface area contributed by atoms with Gasteiger partial charge in [0.1, 0.15) is 16.2 Å². The predicted molar refractivity (Wildman–Crippen MR) is 195 cm³/mol. The van der Waals surface area contributed by atoms with Crippen molar-refractivity contribution < 1.29 is 4.42 Å². The van der Waals surface area contributed by atoms with E-state index in [4.69, 9.17) is 24.4 Å². The number of benzene rings is 6. The lowest BCUT2D eigenvalue weighted by molar-refractivity contribution is 0.669. The maximum absolute atomic E-state index is 6.23. The fourth-order valence-electron chi connectivity index (χ4n) is 6.34. The van der Waals surface area contributed by atoms with Crippen molar-refractivity contribution in [1.29, 1.82) is 0 Å². The lowest BCUT2D eigenvalue weighted by Gasteiger charge is -2.09. The van der Waals surface area contributed by atoms with E-state index in [1.54, 1.807) is 22.7 Å². The van der Waals surface area contributed by atoms with E-state index in [0.717, 1.165) is 64.8 Å². The molecule has 47 heavy (non-hydrogen) atoms. The first kappa shape index (κ1) is 26.5. The zero-order chi connectivity index (χ0) is 30.9. The Morgan fingerprint density at radius 2 is 1.15 bits per heavy atom. The highest BCUT2D eigenvalue weighted by atomic mass is 32.1. The van der Waals surface area contributed by atoms with Crippen molar-refractivity contribution in [3.05, 3.63) is 133 Å². The number of furan rings is 1. The van der Waals surface area contributed by atoms with Gasteiger partial charge < -0.3 is 4.42 Å². The van der Waals surface area contributed by atoms with Crippen molar-refractivity contribution in [3.63, 3.8) is 0 Å². The van der Waals surface area contributed by atoms with Crippen molar-refractivity contribution in [1.82, 2.24) is 19.9 Å². The van der Waals surface area contributed by atoms with Crippen LogP contribution in [0.2, 0.25) is 0 Å². The van der Waals surface area contributed by atoms with Crippen LogP contribution < -0.4 is 0 Å². The Labute approximate surface area is 276 Å². The summed E-state index contributed by atoms with van der Waals surface area (Å²) in [6, 6.07) is 45.7. The van der Waals surface area contributed by atoms with Gasteiger partial charge in [-0.25, -0.2) is 19.9 Å². The molecule has 7 heteroatoms. The second-order valence-corrected chi connectivity index (χ2v) is 13.6. The van der Waals surface area contributed by atoms with Crippen LogP contribution in [0.4, 0.5) is 0 Å². The van der Waals surface area contributed by atoms with E-state index in [1.165, 1.54) is 14.8 Å². The second-order valence-electron chi connectivity index (χ2n) is 11.5. The smallest absolute Gasteiger partial charge is 0.164 e. The van der Waals surface area contributed by atoms with Gasteiger partial charge in [-0.3, -0.25) is 0 Å². The number of rotatable bonds is 4. The van der Waals surface area contributed by atoms with Gasteiger partial charge >= 0.3 is 0 Å². The summed E-state index contributed by atoms with van der Waals surface area (Å²) < 4.78 is 9.77. The molecule has 0 amide bonds. The quantitative estimate of drug-likeness (QED) is 0.192. The summed E-state index contributed by atoms with van der Waals surface area (Å²) in [5.74, 6) is 1.87. The summed E-state index contributed by atoms with van der Waals surface area (Å²) in [4.78, 5) is 20.2. The molecule has 0 spiro atoms. The summed E-state index contributed by atoms with van der Waals surface area (Å²) in [6.45, 7) is 0. The number of fused-ring (bicyclic) bond motifs is 7. The largest absolute Gasteiger partial charge is 0.456 e. The lowest BCUT2D eigenvalue weighted by Crippen LogP contribution is -2.00. The molecule has 0 saturated heterocycles. The average molecular weight is 639 g/mol. The predicted octanol–water partition coefficient (Wildman–Crippen LogP) is 11.4. The van der Waals surface area contributed by atoms with Crippen LogP contribution in [0.5, 0.6) is 0 Å². The summed E-state index contributed by atoms with van der Waals surface area (Å²) in [7, 11) is 0. The van der Waals surface area contributed by atoms with Crippen LogP contribution in [-0.4, -0.2) is 19.9 Å². The van der Waals surface area contributed by atoms with Crippen LogP contribution in [0.1, 0.15) is 0 Å². The molecule has 10 aromatic rings. The van der Waals surface area contributed by atoms with Crippen LogP contribution in [0.25, 0.3) is 97.1 Å². The zero-order valence-corrected chi connectivity index (χ0v) is 26.3. The van der Waals surface area contributed by atoms with Gasteiger partial charge in [-0.1, -0.05) is 97.1 Å². The minimum Gasteiger partial charge on any atom is -0.456 e. The molecule has 0 unspecified atom stereocenters. The number of hydrogen-bond acceptors (Lipinski definition) is 7. The maximum Gasteiger partial charge on any atom is 0.164 e.